The molecule has 1 aliphatic heterocycles. The second-order valence-electron chi connectivity index (χ2n) is 9.00. The largest absolute Gasteiger partial charge is 0.478 e. The molecule has 0 aromatic heterocycles. The van der Waals surface area contributed by atoms with Crippen LogP contribution in [0.3, 0.4) is 0 Å². The number of fused-ring (bicyclic) bond motifs is 1. The van der Waals surface area contributed by atoms with Gasteiger partial charge >= 0.3 is 5.97 Å². The van der Waals surface area contributed by atoms with Gasteiger partial charge in [0.1, 0.15) is 12.1 Å². The second kappa shape index (κ2) is 8.53. The van der Waals surface area contributed by atoms with Crippen molar-refractivity contribution in [1.29, 1.82) is 0 Å². The molecule has 1 heterocycles. The van der Waals surface area contributed by atoms with E-state index in [9.17, 15) is 19.5 Å². The molecule has 2 aliphatic rings. The van der Waals surface area contributed by atoms with E-state index in [0.717, 1.165) is 12.8 Å². The molecule has 1 fully saturated rings. The van der Waals surface area contributed by atoms with Crippen LogP contribution >= 0.6 is 0 Å². The summed E-state index contributed by atoms with van der Waals surface area (Å²) < 4.78 is 0. The minimum atomic E-state index is -1.03. The maximum atomic E-state index is 13.7. The van der Waals surface area contributed by atoms with Crippen LogP contribution < -0.4 is 5.32 Å². The van der Waals surface area contributed by atoms with Crippen molar-refractivity contribution in [2.75, 3.05) is 0 Å². The maximum Gasteiger partial charge on any atom is 0.336 e. The molecular formula is C25H28N2O4. The highest BCUT2D eigenvalue weighted by Crippen LogP contribution is 2.32. The molecule has 2 atom stereocenters. The SMILES string of the molecule is CC(C)C[C@@H]1C(=O)N[C@H](C2Cc3ccccc3C2)C(=O)N1Cc1ccccc1C(=O)O. The third-order valence-corrected chi connectivity index (χ3v) is 6.36. The van der Waals surface area contributed by atoms with Crippen molar-refractivity contribution in [2.24, 2.45) is 11.8 Å². The van der Waals surface area contributed by atoms with Gasteiger partial charge < -0.3 is 15.3 Å². The molecule has 6 heteroatoms. The predicted octanol–water partition coefficient (Wildman–Crippen LogP) is 3.04. The van der Waals surface area contributed by atoms with Crippen LogP contribution in [0.2, 0.25) is 0 Å². The third-order valence-electron chi connectivity index (χ3n) is 6.36. The first kappa shape index (κ1) is 21.1. The highest BCUT2D eigenvalue weighted by Gasteiger charge is 2.45. The highest BCUT2D eigenvalue weighted by molar-refractivity contribution is 5.97. The minimum absolute atomic E-state index is 0.00562. The van der Waals surface area contributed by atoms with Crippen LogP contribution in [0.25, 0.3) is 0 Å². The van der Waals surface area contributed by atoms with Gasteiger partial charge in [0, 0.05) is 6.54 Å². The van der Waals surface area contributed by atoms with Crippen LogP contribution in [0, 0.1) is 11.8 Å². The predicted molar refractivity (Wildman–Crippen MR) is 116 cm³/mol. The topological polar surface area (TPSA) is 86.7 Å². The number of carbonyl (C=O) groups is 3. The Morgan fingerprint density at radius 1 is 1.06 bits per heavy atom. The molecule has 0 saturated carbocycles. The highest BCUT2D eigenvalue weighted by atomic mass is 16.4. The van der Waals surface area contributed by atoms with E-state index in [0.29, 0.717) is 12.0 Å². The molecule has 2 amide bonds. The van der Waals surface area contributed by atoms with E-state index in [2.05, 4.69) is 17.4 Å². The average Bonchev–Trinajstić information content (AvgIpc) is 3.17. The number of piperazine rings is 1. The van der Waals surface area contributed by atoms with E-state index in [1.807, 2.05) is 26.0 Å². The normalized spacial score (nSPS) is 21.3. The molecule has 6 nitrogen and oxygen atoms in total. The number of nitrogens with zero attached hydrogens (tertiary/aromatic N) is 1. The van der Waals surface area contributed by atoms with Crippen molar-refractivity contribution < 1.29 is 19.5 Å². The van der Waals surface area contributed by atoms with Crippen LogP contribution in [0.1, 0.15) is 47.3 Å². The van der Waals surface area contributed by atoms with Gasteiger partial charge in [0.15, 0.2) is 0 Å². The molecule has 1 saturated heterocycles. The summed E-state index contributed by atoms with van der Waals surface area (Å²) in [6.07, 6.45) is 2.03. The molecule has 31 heavy (non-hydrogen) atoms. The Bertz CT molecular complexity index is 991. The summed E-state index contributed by atoms with van der Waals surface area (Å²) in [5.74, 6) is -1.09. The van der Waals surface area contributed by atoms with E-state index in [1.165, 1.54) is 17.2 Å². The third kappa shape index (κ3) is 4.20. The number of rotatable bonds is 6. The fourth-order valence-electron chi connectivity index (χ4n) is 4.85. The van der Waals surface area contributed by atoms with E-state index < -0.39 is 18.1 Å². The Kier molecular flexibility index (Phi) is 5.81. The second-order valence-corrected chi connectivity index (χ2v) is 9.00. The fourth-order valence-corrected chi connectivity index (χ4v) is 4.85. The molecule has 162 valence electrons. The van der Waals surface area contributed by atoms with Crippen molar-refractivity contribution in [2.45, 2.75) is 51.7 Å². The van der Waals surface area contributed by atoms with Crippen molar-refractivity contribution in [3.8, 4) is 0 Å². The number of carboxylic acid groups (broad SMARTS) is 1. The van der Waals surface area contributed by atoms with E-state index >= 15 is 0 Å². The van der Waals surface area contributed by atoms with Gasteiger partial charge in [-0.05, 0) is 53.9 Å². The van der Waals surface area contributed by atoms with Crippen molar-refractivity contribution in [1.82, 2.24) is 10.2 Å². The summed E-state index contributed by atoms with van der Waals surface area (Å²) in [7, 11) is 0. The molecule has 0 spiro atoms. The van der Waals surface area contributed by atoms with E-state index in [4.69, 9.17) is 0 Å². The summed E-state index contributed by atoms with van der Waals surface area (Å²) in [5.41, 5.74) is 3.15. The van der Waals surface area contributed by atoms with Crippen molar-refractivity contribution in [3.63, 3.8) is 0 Å². The lowest BCUT2D eigenvalue weighted by Crippen LogP contribution is -2.65. The molecule has 1 aliphatic carbocycles. The molecule has 0 radical (unpaired) electrons. The van der Waals surface area contributed by atoms with Gasteiger partial charge in [0.05, 0.1) is 5.56 Å². The first-order valence-corrected chi connectivity index (χ1v) is 10.8. The smallest absolute Gasteiger partial charge is 0.336 e. The fraction of sp³-hybridized carbons (Fsp3) is 0.400. The van der Waals surface area contributed by atoms with Crippen LogP contribution in [-0.2, 0) is 29.0 Å². The molecule has 0 unspecified atom stereocenters. The Balaban J connectivity index is 1.64. The minimum Gasteiger partial charge on any atom is -0.478 e. The van der Waals surface area contributed by atoms with Gasteiger partial charge in [0.25, 0.3) is 0 Å². The number of carboxylic acids is 1. The van der Waals surface area contributed by atoms with Crippen molar-refractivity contribution in [3.05, 3.63) is 70.8 Å². The van der Waals surface area contributed by atoms with Crippen LogP contribution in [-0.4, -0.2) is 39.9 Å². The molecule has 2 N–H and O–H groups in total. The van der Waals surface area contributed by atoms with Gasteiger partial charge in [-0.2, -0.15) is 0 Å². The summed E-state index contributed by atoms with van der Waals surface area (Å²) >= 11 is 0. The quantitative estimate of drug-likeness (QED) is 0.752. The lowest BCUT2D eigenvalue weighted by atomic mass is 9.89. The number of carbonyl (C=O) groups excluding carboxylic acids is 2. The van der Waals surface area contributed by atoms with Crippen molar-refractivity contribution >= 4 is 17.8 Å². The number of nitrogens with one attached hydrogen (secondary N) is 1. The maximum absolute atomic E-state index is 13.7. The Morgan fingerprint density at radius 3 is 2.29 bits per heavy atom. The number of amides is 2. The van der Waals surface area contributed by atoms with Gasteiger partial charge in [-0.15, -0.1) is 0 Å². The first-order valence-electron chi connectivity index (χ1n) is 10.8. The number of aromatic carboxylic acids is 1. The molecular weight excluding hydrogens is 392 g/mol. The van der Waals surface area contributed by atoms with Gasteiger partial charge in [-0.3, -0.25) is 9.59 Å². The average molecular weight is 421 g/mol. The van der Waals surface area contributed by atoms with Crippen LogP contribution in [0.15, 0.2) is 48.5 Å². The lowest BCUT2D eigenvalue weighted by Gasteiger charge is -2.41. The van der Waals surface area contributed by atoms with Crippen LogP contribution in [0.4, 0.5) is 0 Å². The Hall–Kier alpha value is -3.15. The molecule has 2 aromatic carbocycles. The van der Waals surface area contributed by atoms with Gasteiger partial charge in [0.2, 0.25) is 11.8 Å². The standard InChI is InChI=1S/C25H28N2O4/c1-15(2)11-21-23(28)26-22(19-12-16-7-3-4-8-17(16)13-19)24(29)27(21)14-18-9-5-6-10-20(18)25(30)31/h3-10,15,19,21-22H,11-14H2,1-2H3,(H,26,28)(H,30,31)/t21-,22-/m1/s1. The van der Waals surface area contributed by atoms with Gasteiger partial charge in [-0.25, -0.2) is 4.79 Å². The first-order chi connectivity index (χ1) is 14.8. The Morgan fingerprint density at radius 2 is 1.68 bits per heavy atom. The summed E-state index contributed by atoms with van der Waals surface area (Å²) in [6, 6.07) is 13.6. The van der Waals surface area contributed by atoms with Gasteiger partial charge in [-0.1, -0.05) is 56.3 Å². The van der Waals surface area contributed by atoms with E-state index in [1.54, 1.807) is 23.1 Å². The summed E-state index contributed by atoms with van der Waals surface area (Å²) in [4.78, 5) is 40.1. The zero-order valence-electron chi connectivity index (χ0n) is 17.9. The summed E-state index contributed by atoms with van der Waals surface area (Å²) in [5, 5.41) is 12.6. The zero-order chi connectivity index (χ0) is 22.1. The molecule has 4 rings (SSSR count). The van der Waals surface area contributed by atoms with Crippen LogP contribution in [0.5, 0.6) is 0 Å². The number of hydrogen-bond acceptors (Lipinski definition) is 3. The molecule has 2 aromatic rings. The number of hydrogen-bond donors (Lipinski definition) is 2. The lowest BCUT2D eigenvalue weighted by molar-refractivity contribution is -0.152. The monoisotopic (exact) mass is 420 g/mol. The zero-order valence-corrected chi connectivity index (χ0v) is 17.9. The van der Waals surface area contributed by atoms with E-state index in [-0.39, 0.29) is 35.8 Å². The Labute approximate surface area is 182 Å². The summed E-state index contributed by atoms with van der Waals surface area (Å²) in [6.45, 7) is 4.14. The number of benzene rings is 2. The molecule has 0 bridgehead atoms.